The SMILES string of the molecule is CCN(C(=O)c1cc([N+](=O)[O-])ccc1N1CCOCC1)c1ccc(Br)cn1. The molecule has 0 radical (unpaired) electrons. The van der Waals surface area contributed by atoms with Gasteiger partial charge >= 0.3 is 0 Å². The maximum Gasteiger partial charge on any atom is 0.270 e. The number of rotatable bonds is 5. The van der Waals surface area contributed by atoms with Crippen molar-refractivity contribution in [2.75, 3.05) is 42.6 Å². The van der Waals surface area contributed by atoms with Crippen molar-refractivity contribution >= 4 is 39.0 Å². The van der Waals surface area contributed by atoms with Gasteiger partial charge in [-0.2, -0.15) is 0 Å². The van der Waals surface area contributed by atoms with Crippen LogP contribution in [-0.4, -0.2) is 48.7 Å². The molecule has 8 nitrogen and oxygen atoms in total. The predicted octanol–water partition coefficient (Wildman–Crippen LogP) is 3.26. The number of non-ortho nitro benzene ring substituents is 1. The standard InChI is InChI=1S/C18H19BrN4O4/c1-2-22(17-6-3-13(19)12-20-17)18(24)15-11-14(23(25)26)4-5-16(15)21-7-9-27-10-8-21/h3-6,11-12H,2,7-10H2,1H3. The fourth-order valence-corrected chi connectivity index (χ4v) is 3.21. The molecule has 0 bridgehead atoms. The molecule has 1 fully saturated rings. The molecule has 142 valence electrons. The molecule has 1 saturated heterocycles. The first kappa shape index (κ1) is 19.2. The zero-order valence-corrected chi connectivity index (χ0v) is 16.4. The first-order chi connectivity index (χ1) is 13.0. The van der Waals surface area contributed by atoms with E-state index >= 15 is 0 Å². The highest BCUT2D eigenvalue weighted by Gasteiger charge is 2.26. The van der Waals surface area contributed by atoms with E-state index in [1.165, 1.54) is 17.0 Å². The molecule has 1 aromatic heterocycles. The number of benzene rings is 1. The summed E-state index contributed by atoms with van der Waals surface area (Å²) >= 11 is 3.33. The topological polar surface area (TPSA) is 88.8 Å². The van der Waals surface area contributed by atoms with Gasteiger partial charge in [-0.05, 0) is 41.1 Å². The van der Waals surface area contributed by atoms with Gasteiger partial charge in [0.25, 0.3) is 11.6 Å². The summed E-state index contributed by atoms with van der Waals surface area (Å²) in [5, 5.41) is 11.2. The van der Waals surface area contributed by atoms with Crippen LogP contribution in [0, 0.1) is 10.1 Å². The number of nitro benzene ring substituents is 1. The summed E-state index contributed by atoms with van der Waals surface area (Å²) in [6.45, 7) is 4.58. The van der Waals surface area contributed by atoms with Gasteiger partial charge in [0.05, 0.1) is 29.4 Å². The quantitative estimate of drug-likeness (QED) is 0.529. The van der Waals surface area contributed by atoms with E-state index in [1.807, 2.05) is 11.8 Å². The van der Waals surface area contributed by atoms with Gasteiger partial charge in [0, 0.05) is 42.4 Å². The summed E-state index contributed by atoms with van der Waals surface area (Å²) in [5.74, 6) is 0.169. The van der Waals surface area contributed by atoms with Crippen LogP contribution in [0.2, 0.25) is 0 Å². The van der Waals surface area contributed by atoms with Crippen LogP contribution in [0.4, 0.5) is 17.2 Å². The predicted molar refractivity (Wildman–Crippen MR) is 105 cm³/mol. The molecular weight excluding hydrogens is 416 g/mol. The Bertz CT molecular complexity index is 838. The summed E-state index contributed by atoms with van der Waals surface area (Å²) in [5.41, 5.74) is 0.845. The van der Waals surface area contributed by atoms with Crippen LogP contribution in [0.1, 0.15) is 17.3 Å². The summed E-state index contributed by atoms with van der Waals surface area (Å²) in [4.78, 5) is 31.9. The molecular formula is C18H19BrN4O4. The van der Waals surface area contributed by atoms with E-state index in [0.29, 0.717) is 44.4 Å². The van der Waals surface area contributed by atoms with E-state index in [0.717, 1.165) is 4.47 Å². The lowest BCUT2D eigenvalue weighted by atomic mass is 10.1. The number of pyridine rings is 1. The van der Waals surface area contributed by atoms with Crippen LogP contribution in [0.25, 0.3) is 0 Å². The number of amides is 1. The minimum atomic E-state index is -0.492. The third kappa shape index (κ3) is 4.25. The summed E-state index contributed by atoms with van der Waals surface area (Å²) in [7, 11) is 0. The number of carbonyl (C=O) groups is 1. The number of hydrogen-bond acceptors (Lipinski definition) is 6. The van der Waals surface area contributed by atoms with Crippen LogP contribution in [0.15, 0.2) is 41.0 Å². The van der Waals surface area contributed by atoms with E-state index in [1.54, 1.807) is 24.4 Å². The zero-order valence-electron chi connectivity index (χ0n) is 14.8. The summed E-state index contributed by atoms with van der Waals surface area (Å²) < 4.78 is 6.18. The lowest BCUT2D eigenvalue weighted by molar-refractivity contribution is -0.384. The molecule has 1 aliphatic rings. The highest BCUT2D eigenvalue weighted by Crippen LogP contribution is 2.29. The second kappa shape index (κ2) is 8.45. The Balaban J connectivity index is 2.02. The molecule has 0 N–H and O–H groups in total. The van der Waals surface area contributed by atoms with Gasteiger partial charge in [-0.15, -0.1) is 0 Å². The minimum Gasteiger partial charge on any atom is -0.378 e. The molecule has 0 saturated carbocycles. The van der Waals surface area contributed by atoms with Crippen LogP contribution in [0.3, 0.4) is 0 Å². The molecule has 1 amide bonds. The van der Waals surface area contributed by atoms with Crippen LogP contribution in [-0.2, 0) is 4.74 Å². The molecule has 1 aliphatic heterocycles. The Morgan fingerprint density at radius 1 is 1.33 bits per heavy atom. The fourth-order valence-electron chi connectivity index (χ4n) is 2.97. The molecule has 0 unspecified atom stereocenters. The molecule has 9 heteroatoms. The fraction of sp³-hybridized carbons (Fsp3) is 0.333. The zero-order chi connectivity index (χ0) is 19.4. The average molecular weight is 435 g/mol. The molecule has 2 heterocycles. The Morgan fingerprint density at radius 2 is 2.07 bits per heavy atom. The van der Waals surface area contributed by atoms with Gasteiger partial charge in [-0.3, -0.25) is 19.8 Å². The smallest absolute Gasteiger partial charge is 0.270 e. The molecule has 2 aromatic rings. The Kier molecular flexibility index (Phi) is 6.02. The highest BCUT2D eigenvalue weighted by molar-refractivity contribution is 9.10. The first-order valence-electron chi connectivity index (χ1n) is 8.56. The third-order valence-corrected chi connectivity index (χ3v) is 4.79. The largest absolute Gasteiger partial charge is 0.378 e. The Hall–Kier alpha value is -2.52. The first-order valence-corrected chi connectivity index (χ1v) is 9.35. The van der Waals surface area contributed by atoms with Crippen molar-refractivity contribution in [3.63, 3.8) is 0 Å². The summed E-state index contributed by atoms with van der Waals surface area (Å²) in [6.07, 6.45) is 1.61. The molecule has 1 aromatic carbocycles. The second-order valence-corrected chi connectivity index (χ2v) is 6.86. The van der Waals surface area contributed by atoms with E-state index < -0.39 is 4.92 Å². The Labute approximate surface area is 165 Å². The van der Waals surface area contributed by atoms with Crippen molar-refractivity contribution in [1.29, 1.82) is 0 Å². The van der Waals surface area contributed by atoms with E-state index in [2.05, 4.69) is 20.9 Å². The molecule has 27 heavy (non-hydrogen) atoms. The number of aromatic nitrogens is 1. The third-order valence-electron chi connectivity index (χ3n) is 4.32. The minimum absolute atomic E-state index is 0.116. The molecule has 3 rings (SSSR count). The maximum atomic E-state index is 13.3. The molecule has 0 aliphatic carbocycles. The van der Waals surface area contributed by atoms with Crippen LogP contribution in [0.5, 0.6) is 0 Å². The van der Waals surface area contributed by atoms with Gasteiger partial charge in [0.2, 0.25) is 0 Å². The molecule has 0 spiro atoms. The van der Waals surface area contributed by atoms with E-state index in [9.17, 15) is 14.9 Å². The lowest BCUT2D eigenvalue weighted by Gasteiger charge is -2.31. The number of nitrogens with zero attached hydrogens (tertiary/aromatic N) is 4. The summed E-state index contributed by atoms with van der Waals surface area (Å²) in [6, 6.07) is 7.94. The van der Waals surface area contributed by atoms with Crippen molar-refractivity contribution in [2.45, 2.75) is 6.92 Å². The maximum absolute atomic E-state index is 13.3. The van der Waals surface area contributed by atoms with E-state index in [-0.39, 0.29) is 17.2 Å². The second-order valence-electron chi connectivity index (χ2n) is 5.94. The lowest BCUT2D eigenvalue weighted by Crippen LogP contribution is -2.39. The van der Waals surface area contributed by atoms with Gasteiger partial charge in [0.1, 0.15) is 5.82 Å². The van der Waals surface area contributed by atoms with Gasteiger partial charge in [0.15, 0.2) is 0 Å². The number of hydrogen-bond donors (Lipinski definition) is 0. The van der Waals surface area contributed by atoms with Crippen LogP contribution >= 0.6 is 15.9 Å². The highest BCUT2D eigenvalue weighted by atomic mass is 79.9. The van der Waals surface area contributed by atoms with Gasteiger partial charge in [-0.1, -0.05) is 0 Å². The van der Waals surface area contributed by atoms with Crippen molar-refractivity contribution < 1.29 is 14.5 Å². The number of carbonyl (C=O) groups excluding carboxylic acids is 1. The monoisotopic (exact) mass is 434 g/mol. The number of anilines is 2. The van der Waals surface area contributed by atoms with Crippen molar-refractivity contribution in [2.24, 2.45) is 0 Å². The number of morpholine rings is 1. The Morgan fingerprint density at radius 3 is 2.67 bits per heavy atom. The number of ether oxygens (including phenoxy) is 1. The van der Waals surface area contributed by atoms with Crippen molar-refractivity contribution in [1.82, 2.24) is 4.98 Å². The average Bonchev–Trinajstić information content (AvgIpc) is 2.70. The van der Waals surface area contributed by atoms with Crippen molar-refractivity contribution in [3.8, 4) is 0 Å². The number of halogens is 1. The van der Waals surface area contributed by atoms with Crippen molar-refractivity contribution in [3.05, 3.63) is 56.7 Å². The van der Waals surface area contributed by atoms with E-state index in [4.69, 9.17) is 4.74 Å². The van der Waals surface area contributed by atoms with Gasteiger partial charge < -0.3 is 9.64 Å². The van der Waals surface area contributed by atoms with Gasteiger partial charge in [-0.25, -0.2) is 4.98 Å². The van der Waals surface area contributed by atoms with Crippen LogP contribution < -0.4 is 9.80 Å². The number of nitro groups is 1. The normalized spacial score (nSPS) is 14.1. The molecule has 0 atom stereocenters.